The number of benzene rings is 3. The Kier molecular flexibility index (Phi) is 5.19. The van der Waals surface area contributed by atoms with E-state index in [2.05, 4.69) is 27.0 Å². The van der Waals surface area contributed by atoms with Crippen LogP contribution in [-0.2, 0) is 6.54 Å². The number of hydrogen-bond donors (Lipinski definition) is 0. The van der Waals surface area contributed by atoms with E-state index in [1.807, 2.05) is 43.3 Å². The van der Waals surface area contributed by atoms with Gasteiger partial charge in [0.05, 0.1) is 25.8 Å². The first-order valence-electron chi connectivity index (χ1n) is 10.5. The summed E-state index contributed by atoms with van der Waals surface area (Å²) in [6, 6.07) is 20.3. The number of methoxy groups -OCH3 is 1. The molecule has 0 atom stereocenters. The highest BCUT2D eigenvalue weighted by atomic mass is 19.1. The molecule has 0 aliphatic carbocycles. The molecular weight excluding hydrogens is 405 g/mol. The van der Waals surface area contributed by atoms with Gasteiger partial charge in [0.2, 0.25) is 0 Å². The Morgan fingerprint density at radius 1 is 0.938 bits per heavy atom. The van der Waals surface area contributed by atoms with Gasteiger partial charge in [-0.05, 0) is 55.5 Å². The summed E-state index contributed by atoms with van der Waals surface area (Å²) in [5.74, 6) is 1.33. The average Bonchev–Trinajstić information content (AvgIpc) is 3.24. The van der Waals surface area contributed by atoms with Gasteiger partial charge in [0.1, 0.15) is 28.7 Å². The van der Waals surface area contributed by atoms with Crippen LogP contribution >= 0.6 is 0 Å². The molecule has 5 rings (SSSR count). The van der Waals surface area contributed by atoms with E-state index in [0.717, 1.165) is 50.5 Å². The lowest BCUT2D eigenvalue weighted by Crippen LogP contribution is -2.05. The zero-order chi connectivity index (χ0) is 22.1. The van der Waals surface area contributed by atoms with Gasteiger partial charge in [0.15, 0.2) is 0 Å². The second-order valence-corrected chi connectivity index (χ2v) is 7.50. The third kappa shape index (κ3) is 3.54. The lowest BCUT2D eigenvalue weighted by atomic mass is 10.0. The van der Waals surface area contributed by atoms with Crippen LogP contribution in [0.4, 0.5) is 4.39 Å². The van der Waals surface area contributed by atoms with E-state index in [9.17, 15) is 4.39 Å². The van der Waals surface area contributed by atoms with Gasteiger partial charge in [-0.3, -0.25) is 0 Å². The molecule has 0 saturated heterocycles. The summed E-state index contributed by atoms with van der Waals surface area (Å²) < 4.78 is 27.0. The third-order valence-electron chi connectivity index (χ3n) is 5.54. The van der Waals surface area contributed by atoms with Crippen molar-refractivity contribution >= 4 is 10.9 Å². The van der Waals surface area contributed by atoms with Crippen molar-refractivity contribution in [1.29, 1.82) is 0 Å². The van der Waals surface area contributed by atoms with Gasteiger partial charge in [0, 0.05) is 28.3 Å². The summed E-state index contributed by atoms with van der Waals surface area (Å²) in [5, 5.41) is 9.89. The SMILES string of the molecule is CCOc1ccc2c(c1)c1nnc(-c3ccc(F)cc3)c-1cn2Cc1ccccc1OC. The zero-order valence-electron chi connectivity index (χ0n) is 17.9. The molecule has 3 aromatic rings. The molecule has 0 unspecified atom stereocenters. The van der Waals surface area contributed by atoms with E-state index < -0.39 is 0 Å². The van der Waals surface area contributed by atoms with Crippen LogP contribution in [0.3, 0.4) is 0 Å². The molecule has 0 radical (unpaired) electrons. The topological polar surface area (TPSA) is 49.2 Å². The maximum Gasteiger partial charge on any atom is 0.123 e. The van der Waals surface area contributed by atoms with Crippen molar-refractivity contribution in [3.63, 3.8) is 0 Å². The number of fused-ring (bicyclic) bond motifs is 3. The van der Waals surface area contributed by atoms with E-state index in [1.54, 1.807) is 19.2 Å². The number of hydrogen-bond acceptors (Lipinski definition) is 4. The van der Waals surface area contributed by atoms with E-state index in [0.29, 0.717) is 13.2 Å². The molecule has 0 spiro atoms. The van der Waals surface area contributed by atoms with Gasteiger partial charge < -0.3 is 14.0 Å². The van der Waals surface area contributed by atoms with Crippen LogP contribution in [-0.4, -0.2) is 28.5 Å². The second-order valence-electron chi connectivity index (χ2n) is 7.50. The van der Waals surface area contributed by atoms with E-state index in [1.165, 1.54) is 12.1 Å². The van der Waals surface area contributed by atoms with Crippen molar-refractivity contribution in [3.8, 4) is 34.0 Å². The molecule has 0 aromatic heterocycles. The first-order valence-corrected chi connectivity index (χ1v) is 10.5. The van der Waals surface area contributed by atoms with E-state index in [-0.39, 0.29) is 5.82 Å². The van der Waals surface area contributed by atoms with Crippen LogP contribution in [0.25, 0.3) is 33.4 Å². The van der Waals surface area contributed by atoms with Crippen LogP contribution in [0, 0.1) is 5.82 Å². The highest BCUT2D eigenvalue weighted by molar-refractivity contribution is 5.98. The smallest absolute Gasteiger partial charge is 0.123 e. The van der Waals surface area contributed by atoms with Crippen molar-refractivity contribution in [3.05, 3.63) is 84.3 Å². The minimum Gasteiger partial charge on any atom is -0.496 e. The molecule has 32 heavy (non-hydrogen) atoms. The molecule has 5 nitrogen and oxygen atoms in total. The quantitative estimate of drug-likeness (QED) is 0.344. The molecule has 160 valence electrons. The summed E-state index contributed by atoms with van der Waals surface area (Å²) in [7, 11) is 1.68. The number of ether oxygens (including phenoxy) is 2. The third-order valence-corrected chi connectivity index (χ3v) is 5.54. The summed E-state index contributed by atoms with van der Waals surface area (Å²) in [4.78, 5) is 0. The number of halogens is 1. The average molecular weight is 427 g/mol. The van der Waals surface area contributed by atoms with Crippen LogP contribution in [0.5, 0.6) is 11.5 Å². The number of aromatic nitrogens is 3. The highest BCUT2D eigenvalue weighted by Gasteiger charge is 2.21. The van der Waals surface area contributed by atoms with Gasteiger partial charge in [-0.15, -0.1) is 10.2 Å². The summed E-state index contributed by atoms with van der Waals surface area (Å²) in [6.07, 6.45) is 2.06. The summed E-state index contributed by atoms with van der Waals surface area (Å²) >= 11 is 0. The standard InChI is InChI=1S/C26H22FN3O2/c1-3-32-20-12-13-23-21(14-20)26-22(25(28-29-26)17-8-10-19(27)11-9-17)16-30(23)15-18-6-4-5-7-24(18)31-2/h4-14,16H,3,15H2,1-2H3. The number of nitrogens with zero attached hydrogens (tertiary/aromatic N) is 3. The Bertz CT molecular complexity index is 1360. The Morgan fingerprint density at radius 2 is 1.72 bits per heavy atom. The zero-order valence-corrected chi connectivity index (χ0v) is 17.9. The fourth-order valence-electron chi connectivity index (χ4n) is 4.05. The van der Waals surface area contributed by atoms with Crippen LogP contribution < -0.4 is 9.47 Å². The molecule has 0 N–H and O–H groups in total. The Labute approximate surface area is 185 Å². The van der Waals surface area contributed by atoms with Gasteiger partial charge >= 0.3 is 0 Å². The van der Waals surface area contributed by atoms with Gasteiger partial charge in [-0.25, -0.2) is 4.39 Å². The van der Waals surface area contributed by atoms with Crippen molar-refractivity contribution in [1.82, 2.24) is 14.8 Å². The molecule has 6 heteroatoms. The number of pyridine rings is 1. The summed E-state index contributed by atoms with van der Waals surface area (Å²) in [6.45, 7) is 3.15. The predicted octanol–water partition coefficient (Wildman–Crippen LogP) is 5.80. The lowest BCUT2D eigenvalue weighted by molar-refractivity contribution is 0.340. The highest BCUT2D eigenvalue weighted by Crippen LogP contribution is 2.38. The number of rotatable bonds is 6. The van der Waals surface area contributed by atoms with E-state index >= 15 is 0 Å². The Hall–Kier alpha value is -3.93. The Morgan fingerprint density at radius 3 is 2.50 bits per heavy atom. The maximum atomic E-state index is 13.5. The molecule has 3 aromatic carbocycles. The molecule has 2 aliphatic heterocycles. The monoisotopic (exact) mass is 427 g/mol. The van der Waals surface area contributed by atoms with Gasteiger partial charge in [-0.1, -0.05) is 18.2 Å². The fourth-order valence-corrected chi connectivity index (χ4v) is 4.05. The maximum absolute atomic E-state index is 13.5. The van der Waals surface area contributed by atoms with Gasteiger partial charge in [0.25, 0.3) is 0 Å². The lowest BCUT2D eigenvalue weighted by Gasteiger charge is -2.17. The Balaban J connectivity index is 1.73. The minimum absolute atomic E-state index is 0.282. The van der Waals surface area contributed by atoms with Gasteiger partial charge in [-0.2, -0.15) is 0 Å². The van der Waals surface area contributed by atoms with Crippen molar-refractivity contribution < 1.29 is 13.9 Å². The van der Waals surface area contributed by atoms with Crippen LogP contribution in [0.15, 0.2) is 72.9 Å². The minimum atomic E-state index is -0.282. The molecule has 2 aliphatic rings. The van der Waals surface area contributed by atoms with Crippen molar-refractivity contribution in [2.45, 2.75) is 13.5 Å². The second kappa shape index (κ2) is 8.30. The fraction of sp³-hybridized carbons (Fsp3) is 0.154. The normalized spacial score (nSPS) is 11.2. The van der Waals surface area contributed by atoms with E-state index in [4.69, 9.17) is 9.47 Å². The largest absolute Gasteiger partial charge is 0.496 e. The first kappa shape index (κ1) is 20.0. The molecular formula is C26H22FN3O2. The van der Waals surface area contributed by atoms with Crippen molar-refractivity contribution in [2.75, 3.05) is 13.7 Å². The van der Waals surface area contributed by atoms with Crippen LogP contribution in [0.1, 0.15) is 12.5 Å². The molecule has 2 heterocycles. The predicted molar refractivity (Wildman–Crippen MR) is 123 cm³/mol. The van der Waals surface area contributed by atoms with Crippen molar-refractivity contribution in [2.24, 2.45) is 0 Å². The first-order chi connectivity index (χ1) is 15.7. The molecule has 0 saturated carbocycles. The number of para-hydroxylation sites is 1. The molecule has 0 fully saturated rings. The van der Waals surface area contributed by atoms with Crippen LogP contribution in [0.2, 0.25) is 0 Å². The molecule has 0 amide bonds. The summed E-state index contributed by atoms with van der Waals surface area (Å²) in [5.41, 5.74) is 5.29. The molecule has 0 bridgehead atoms.